The number of nitrogens with zero attached hydrogens (tertiary/aromatic N) is 1. The molecule has 2 aromatic carbocycles. The summed E-state index contributed by atoms with van der Waals surface area (Å²) in [5.74, 6) is -0.412. The zero-order chi connectivity index (χ0) is 19.0. The maximum Gasteiger partial charge on any atom is 0.253 e. The van der Waals surface area contributed by atoms with Crippen LogP contribution in [-0.4, -0.2) is 35.3 Å². The van der Waals surface area contributed by atoms with Crippen LogP contribution in [0.4, 0.5) is 4.39 Å². The number of hydrogen-bond donors (Lipinski definition) is 1. The average molecular weight is 366 g/mol. The fraction of sp³-hybridized carbons (Fsp3) is 0.364. The fourth-order valence-electron chi connectivity index (χ4n) is 4.26. The number of nitrogens with one attached hydrogen (secondary N) is 1. The van der Waals surface area contributed by atoms with Gasteiger partial charge >= 0.3 is 0 Å². The van der Waals surface area contributed by atoms with Crippen LogP contribution in [0.2, 0.25) is 0 Å². The zero-order valence-corrected chi connectivity index (χ0v) is 15.4. The molecule has 2 saturated heterocycles. The SMILES string of the molecule is Cc1cc(C(=O)N2CCC3(CC2)CC(c2ccccc2)C(=O)N3)ccc1F. The molecule has 0 saturated carbocycles. The van der Waals surface area contributed by atoms with Gasteiger partial charge in [0.15, 0.2) is 0 Å². The standard InChI is InChI=1S/C22H23FN2O2/c1-15-13-17(7-8-19(15)23)21(27)25-11-9-22(10-12-25)14-18(20(26)24-22)16-5-3-2-4-6-16/h2-8,13,18H,9-12,14H2,1H3,(H,24,26). The Labute approximate surface area is 158 Å². The summed E-state index contributed by atoms with van der Waals surface area (Å²) in [5, 5.41) is 3.21. The molecule has 2 amide bonds. The first kappa shape index (κ1) is 17.7. The van der Waals surface area contributed by atoms with E-state index < -0.39 is 0 Å². The summed E-state index contributed by atoms with van der Waals surface area (Å²) < 4.78 is 13.5. The van der Waals surface area contributed by atoms with Crippen LogP contribution in [0.3, 0.4) is 0 Å². The predicted octanol–water partition coefficient (Wildman–Crippen LogP) is 3.41. The Morgan fingerprint density at radius 1 is 1.15 bits per heavy atom. The number of carbonyl (C=O) groups excluding carboxylic acids is 2. The number of benzene rings is 2. The second kappa shape index (κ2) is 6.80. The van der Waals surface area contributed by atoms with Crippen LogP contribution in [0.1, 0.15) is 46.7 Å². The topological polar surface area (TPSA) is 49.4 Å². The number of piperidine rings is 1. The van der Waals surface area contributed by atoms with Crippen molar-refractivity contribution in [3.8, 4) is 0 Å². The van der Waals surface area contributed by atoms with Crippen LogP contribution in [-0.2, 0) is 4.79 Å². The third-order valence-electron chi connectivity index (χ3n) is 5.91. The van der Waals surface area contributed by atoms with Crippen molar-refractivity contribution >= 4 is 11.8 Å². The summed E-state index contributed by atoms with van der Waals surface area (Å²) >= 11 is 0. The molecule has 4 nitrogen and oxygen atoms in total. The van der Waals surface area contributed by atoms with E-state index in [-0.39, 0.29) is 29.1 Å². The minimum Gasteiger partial charge on any atom is -0.350 e. The summed E-state index contributed by atoms with van der Waals surface area (Å²) in [6, 6.07) is 14.3. The fourth-order valence-corrected chi connectivity index (χ4v) is 4.26. The van der Waals surface area contributed by atoms with Crippen molar-refractivity contribution in [1.29, 1.82) is 0 Å². The molecule has 140 valence electrons. The van der Waals surface area contributed by atoms with E-state index in [1.165, 1.54) is 12.1 Å². The van der Waals surface area contributed by atoms with Crippen molar-refractivity contribution in [1.82, 2.24) is 10.2 Å². The minimum absolute atomic E-state index is 0.0723. The minimum atomic E-state index is -0.301. The third kappa shape index (κ3) is 3.34. The Kier molecular flexibility index (Phi) is 4.46. The van der Waals surface area contributed by atoms with Gasteiger partial charge in [0.1, 0.15) is 5.82 Å². The van der Waals surface area contributed by atoms with E-state index in [1.807, 2.05) is 30.3 Å². The molecule has 0 radical (unpaired) electrons. The maximum absolute atomic E-state index is 13.5. The van der Waals surface area contributed by atoms with Crippen molar-refractivity contribution in [2.24, 2.45) is 0 Å². The van der Waals surface area contributed by atoms with E-state index in [0.29, 0.717) is 24.2 Å². The van der Waals surface area contributed by atoms with Gasteiger partial charge in [0.25, 0.3) is 5.91 Å². The van der Waals surface area contributed by atoms with Crippen LogP contribution in [0.5, 0.6) is 0 Å². The number of rotatable bonds is 2. The van der Waals surface area contributed by atoms with Gasteiger partial charge in [-0.15, -0.1) is 0 Å². The number of halogens is 1. The van der Waals surface area contributed by atoms with Gasteiger partial charge in [-0.1, -0.05) is 30.3 Å². The van der Waals surface area contributed by atoms with Gasteiger partial charge in [-0.3, -0.25) is 9.59 Å². The van der Waals surface area contributed by atoms with Crippen LogP contribution in [0.25, 0.3) is 0 Å². The molecule has 5 heteroatoms. The number of aryl methyl sites for hydroxylation is 1. The molecule has 2 heterocycles. The highest BCUT2D eigenvalue weighted by molar-refractivity contribution is 5.94. The van der Waals surface area contributed by atoms with Crippen LogP contribution in [0, 0.1) is 12.7 Å². The van der Waals surface area contributed by atoms with Crippen LogP contribution in [0.15, 0.2) is 48.5 Å². The lowest BCUT2D eigenvalue weighted by molar-refractivity contribution is -0.121. The van der Waals surface area contributed by atoms with Crippen molar-refractivity contribution in [2.75, 3.05) is 13.1 Å². The second-order valence-electron chi connectivity index (χ2n) is 7.69. The average Bonchev–Trinajstić information content (AvgIpc) is 3.00. The molecule has 0 aliphatic carbocycles. The molecule has 0 aromatic heterocycles. The van der Waals surface area contributed by atoms with E-state index in [9.17, 15) is 14.0 Å². The quantitative estimate of drug-likeness (QED) is 0.885. The van der Waals surface area contributed by atoms with E-state index in [0.717, 1.165) is 24.8 Å². The third-order valence-corrected chi connectivity index (χ3v) is 5.91. The molecular weight excluding hydrogens is 343 g/mol. The molecule has 2 fully saturated rings. The summed E-state index contributed by atoms with van der Waals surface area (Å²) in [6.07, 6.45) is 2.26. The smallest absolute Gasteiger partial charge is 0.253 e. The Bertz CT molecular complexity index is 873. The monoisotopic (exact) mass is 366 g/mol. The summed E-state index contributed by atoms with van der Waals surface area (Å²) in [7, 11) is 0. The van der Waals surface area contributed by atoms with Gasteiger partial charge in [-0.25, -0.2) is 4.39 Å². The Morgan fingerprint density at radius 3 is 2.52 bits per heavy atom. The van der Waals surface area contributed by atoms with E-state index in [1.54, 1.807) is 17.9 Å². The molecule has 1 N–H and O–H groups in total. The van der Waals surface area contributed by atoms with Gasteiger partial charge < -0.3 is 10.2 Å². The lowest BCUT2D eigenvalue weighted by Gasteiger charge is -2.39. The summed E-state index contributed by atoms with van der Waals surface area (Å²) in [6.45, 7) is 2.85. The van der Waals surface area contributed by atoms with Crippen LogP contribution < -0.4 is 5.32 Å². The highest BCUT2D eigenvalue weighted by atomic mass is 19.1. The molecule has 2 aromatic rings. The van der Waals surface area contributed by atoms with E-state index in [4.69, 9.17) is 0 Å². The highest BCUT2D eigenvalue weighted by Crippen LogP contribution is 2.39. The molecule has 0 bridgehead atoms. The van der Waals surface area contributed by atoms with E-state index in [2.05, 4.69) is 5.32 Å². The first-order valence-electron chi connectivity index (χ1n) is 9.40. The number of hydrogen-bond acceptors (Lipinski definition) is 2. The first-order valence-corrected chi connectivity index (χ1v) is 9.40. The van der Waals surface area contributed by atoms with Crippen molar-refractivity contribution in [3.05, 3.63) is 71.0 Å². The van der Waals surface area contributed by atoms with Gasteiger partial charge in [0, 0.05) is 24.2 Å². The molecule has 27 heavy (non-hydrogen) atoms. The van der Waals surface area contributed by atoms with Gasteiger partial charge in [-0.2, -0.15) is 0 Å². The number of likely N-dealkylation sites (tertiary alicyclic amines) is 1. The molecule has 1 atom stereocenters. The number of amides is 2. The van der Waals surface area contributed by atoms with Gasteiger partial charge in [-0.05, 0) is 55.5 Å². The van der Waals surface area contributed by atoms with Crippen molar-refractivity contribution in [3.63, 3.8) is 0 Å². The summed E-state index contributed by atoms with van der Waals surface area (Å²) in [4.78, 5) is 27.1. The Balaban J connectivity index is 1.43. The molecular formula is C22H23FN2O2. The second-order valence-corrected chi connectivity index (χ2v) is 7.69. The van der Waals surface area contributed by atoms with Gasteiger partial charge in [0.05, 0.1) is 5.92 Å². The zero-order valence-electron chi connectivity index (χ0n) is 15.4. The largest absolute Gasteiger partial charge is 0.350 e. The summed E-state index contributed by atoms with van der Waals surface area (Å²) in [5.41, 5.74) is 1.81. The predicted molar refractivity (Wildman–Crippen MR) is 101 cm³/mol. The highest BCUT2D eigenvalue weighted by Gasteiger charge is 2.46. The van der Waals surface area contributed by atoms with Crippen molar-refractivity contribution < 1.29 is 14.0 Å². The van der Waals surface area contributed by atoms with E-state index >= 15 is 0 Å². The lowest BCUT2D eigenvalue weighted by Crippen LogP contribution is -2.52. The number of carbonyl (C=O) groups is 2. The molecule has 1 unspecified atom stereocenters. The Morgan fingerprint density at radius 2 is 1.85 bits per heavy atom. The molecule has 2 aliphatic heterocycles. The Hall–Kier alpha value is -2.69. The molecule has 2 aliphatic rings. The maximum atomic E-state index is 13.5. The molecule has 4 rings (SSSR count). The van der Waals surface area contributed by atoms with Gasteiger partial charge in [0.2, 0.25) is 5.91 Å². The first-order chi connectivity index (χ1) is 13.0. The van der Waals surface area contributed by atoms with Crippen LogP contribution >= 0.6 is 0 Å². The normalized spacial score (nSPS) is 21.3. The lowest BCUT2D eigenvalue weighted by atomic mass is 9.82. The van der Waals surface area contributed by atoms with Crippen molar-refractivity contribution in [2.45, 2.75) is 37.6 Å². The molecule has 1 spiro atoms.